The van der Waals surface area contributed by atoms with E-state index in [-0.39, 0.29) is 23.6 Å². The van der Waals surface area contributed by atoms with Gasteiger partial charge in [-0.05, 0) is 110 Å². The van der Waals surface area contributed by atoms with Gasteiger partial charge in [-0.1, -0.05) is 113 Å². The second-order valence-corrected chi connectivity index (χ2v) is 16.2. The summed E-state index contributed by atoms with van der Waals surface area (Å²) in [5.41, 5.74) is 2.21. The fraction of sp³-hybridized carbons (Fsp3) is 0.500. The van der Waals surface area contributed by atoms with Crippen molar-refractivity contribution in [2.45, 2.75) is 122 Å². The molecule has 0 radical (unpaired) electrons. The van der Waals surface area contributed by atoms with Crippen LogP contribution in [0.4, 0.5) is 13.2 Å². The van der Waals surface area contributed by atoms with Crippen molar-refractivity contribution in [3.63, 3.8) is 0 Å². The Morgan fingerprint density at radius 1 is 0.364 bits per heavy atom. The highest BCUT2D eigenvalue weighted by atomic mass is 19.1. The lowest BCUT2D eigenvalue weighted by Crippen LogP contribution is -2.27. The van der Waals surface area contributed by atoms with Gasteiger partial charge in [-0.25, -0.2) is 27.6 Å². The van der Waals surface area contributed by atoms with Gasteiger partial charge in [-0.2, -0.15) is 0 Å². The zero-order chi connectivity index (χ0) is 47.1. The summed E-state index contributed by atoms with van der Waals surface area (Å²) in [4.78, 5) is 35.8. The fourth-order valence-corrected chi connectivity index (χ4v) is 6.64. The molecule has 0 fully saturated rings. The van der Waals surface area contributed by atoms with E-state index in [1.165, 1.54) is 54.6 Å². The van der Waals surface area contributed by atoms with E-state index < -0.39 is 17.9 Å². The van der Waals surface area contributed by atoms with Gasteiger partial charge in [0.15, 0.2) is 0 Å². The standard InChI is InChI=1S/C54H71F3O9/c55-48-28-19-45(20-29-48)25-34-52(58)64-40-16-10-3-1-7-13-37-61-43-51(63-39-15-9-5-6-12-18-42-66-54(60)36-27-47-23-32-50(57)33-24-47)44-62-38-14-8-2-4-11-17-41-65-53(59)35-26-46-21-30-49(56)31-22-46/h19-36,51H,1-18,37-44H2. The van der Waals surface area contributed by atoms with Crippen LogP contribution in [0.2, 0.25) is 0 Å². The first kappa shape index (κ1) is 55.3. The third-order valence-corrected chi connectivity index (χ3v) is 10.4. The highest BCUT2D eigenvalue weighted by Gasteiger charge is 2.11. The summed E-state index contributed by atoms with van der Waals surface area (Å²) in [7, 11) is 0. The van der Waals surface area contributed by atoms with Gasteiger partial charge in [0.25, 0.3) is 0 Å². The van der Waals surface area contributed by atoms with Crippen molar-refractivity contribution in [2.24, 2.45) is 0 Å². The molecule has 0 spiro atoms. The molecule has 0 unspecified atom stereocenters. The van der Waals surface area contributed by atoms with Crippen LogP contribution in [0.25, 0.3) is 18.2 Å². The van der Waals surface area contributed by atoms with Crippen LogP contribution in [-0.4, -0.2) is 76.9 Å². The Balaban J connectivity index is 1.20. The first-order valence-electron chi connectivity index (χ1n) is 23.8. The lowest BCUT2D eigenvalue weighted by Gasteiger charge is -2.18. The summed E-state index contributed by atoms with van der Waals surface area (Å²) in [5.74, 6) is -2.16. The molecule has 0 atom stereocenters. The number of rotatable bonds is 38. The van der Waals surface area contributed by atoms with Gasteiger partial charge < -0.3 is 28.4 Å². The van der Waals surface area contributed by atoms with Crippen LogP contribution in [-0.2, 0) is 42.8 Å². The van der Waals surface area contributed by atoms with Gasteiger partial charge in [0, 0.05) is 38.0 Å². The molecule has 0 aliphatic carbocycles. The largest absolute Gasteiger partial charge is 0.463 e. The minimum Gasteiger partial charge on any atom is -0.463 e. The Morgan fingerprint density at radius 3 is 0.924 bits per heavy atom. The molecule has 9 nitrogen and oxygen atoms in total. The molecule has 0 heterocycles. The monoisotopic (exact) mass is 921 g/mol. The van der Waals surface area contributed by atoms with E-state index in [1.54, 1.807) is 54.6 Å². The van der Waals surface area contributed by atoms with Crippen molar-refractivity contribution in [2.75, 3.05) is 52.9 Å². The van der Waals surface area contributed by atoms with Crippen LogP contribution in [0.3, 0.4) is 0 Å². The highest BCUT2D eigenvalue weighted by Crippen LogP contribution is 2.12. The molecule has 0 saturated heterocycles. The predicted molar refractivity (Wildman–Crippen MR) is 254 cm³/mol. The predicted octanol–water partition coefficient (Wildman–Crippen LogP) is 12.6. The second kappa shape index (κ2) is 37.1. The molecule has 0 aliphatic rings. The normalized spacial score (nSPS) is 12.0. The van der Waals surface area contributed by atoms with E-state index in [0.29, 0.717) is 52.9 Å². The SMILES string of the molecule is O=C(C=Cc1ccc(F)cc1)OCCCCCCCCOCC(COCCCCCCCCOC(=O)C=Cc1ccc(F)cc1)OCCCCCCCCOC(=O)C=Cc1ccc(F)cc1. The number of unbranched alkanes of at least 4 members (excludes halogenated alkanes) is 15. The Hall–Kier alpha value is -5.04. The maximum Gasteiger partial charge on any atom is 0.330 e. The molecule has 3 rings (SSSR count). The molecule has 0 aromatic heterocycles. The highest BCUT2D eigenvalue weighted by molar-refractivity contribution is 5.88. The van der Waals surface area contributed by atoms with Crippen LogP contribution >= 0.6 is 0 Å². The number of hydrogen-bond acceptors (Lipinski definition) is 9. The number of hydrogen-bond donors (Lipinski definition) is 0. The third kappa shape index (κ3) is 30.2. The van der Waals surface area contributed by atoms with Crippen molar-refractivity contribution in [1.29, 1.82) is 0 Å². The summed E-state index contributed by atoms with van der Waals surface area (Å²) < 4.78 is 73.2. The molecule has 3 aromatic carbocycles. The first-order valence-corrected chi connectivity index (χ1v) is 23.8. The van der Waals surface area contributed by atoms with Crippen molar-refractivity contribution in [3.05, 3.63) is 125 Å². The first-order chi connectivity index (χ1) is 32.3. The number of carbonyl (C=O) groups excluding carboxylic acids is 3. The van der Waals surface area contributed by atoms with E-state index in [4.69, 9.17) is 28.4 Å². The maximum absolute atomic E-state index is 13.0. The minimum atomic E-state index is -0.403. The molecule has 0 amide bonds. The Labute approximate surface area is 390 Å². The second-order valence-electron chi connectivity index (χ2n) is 16.2. The summed E-state index contributed by atoms with van der Waals surface area (Å²) in [5, 5.41) is 0. The summed E-state index contributed by atoms with van der Waals surface area (Å²) in [6.07, 6.45) is 26.5. The number of esters is 3. The Bertz CT molecular complexity index is 1720. The van der Waals surface area contributed by atoms with Crippen LogP contribution in [0, 0.1) is 17.5 Å². The number of ether oxygens (including phenoxy) is 6. The summed E-state index contributed by atoms with van der Waals surface area (Å²) in [6.45, 7) is 4.02. The Kier molecular flexibility index (Phi) is 31.1. The molecule has 0 N–H and O–H groups in total. The number of benzene rings is 3. The third-order valence-electron chi connectivity index (χ3n) is 10.4. The molecule has 66 heavy (non-hydrogen) atoms. The quantitative estimate of drug-likeness (QED) is 0.0240. The average Bonchev–Trinajstić information content (AvgIpc) is 3.32. The fourth-order valence-electron chi connectivity index (χ4n) is 6.64. The maximum atomic E-state index is 13.0. The van der Waals surface area contributed by atoms with Gasteiger partial charge in [0.1, 0.15) is 23.6 Å². The molecule has 0 saturated carbocycles. The summed E-state index contributed by atoms with van der Waals surface area (Å²) in [6, 6.07) is 17.7. The van der Waals surface area contributed by atoms with Crippen LogP contribution < -0.4 is 0 Å². The lowest BCUT2D eigenvalue weighted by atomic mass is 10.1. The minimum absolute atomic E-state index is 0.140. The van der Waals surface area contributed by atoms with Gasteiger partial charge in [0.05, 0.1) is 33.0 Å². The van der Waals surface area contributed by atoms with E-state index >= 15 is 0 Å². The van der Waals surface area contributed by atoms with Crippen LogP contribution in [0.5, 0.6) is 0 Å². The van der Waals surface area contributed by atoms with Gasteiger partial charge in [-0.3, -0.25) is 0 Å². The average molecular weight is 921 g/mol. The number of carbonyl (C=O) groups is 3. The van der Waals surface area contributed by atoms with E-state index in [1.807, 2.05) is 0 Å². The van der Waals surface area contributed by atoms with E-state index in [2.05, 4.69) is 0 Å². The Morgan fingerprint density at radius 2 is 0.621 bits per heavy atom. The van der Waals surface area contributed by atoms with E-state index in [9.17, 15) is 27.6 Å². The van der Waals surface area contributed by atoms with Gasteiger partial charge in [-0.15, -0.1) is 0 Å². The van der Waals surface area contributed by atoms with Gasteiger partial charge in [0.2, 0.25) is 0 Å². The van der Waals surface area contributed by atoms with E-state index in [0.717, 1.165) is 132 Å². The molecular weight excluding hydrogens is 850 g/mol. The van der Waals surface area contributed by atoms with Crippen LogP contribution in [0.15, 0.2) is 91.0 Å². The number of halogens is 3. The molecule has 12 heteroatoms. The summed E-state index contributed by atoms with van der Waals surface area (Å²) >= 11 is 0. The zero-order valence-corrected chi connectivity index (χ0v) is 38.7. The van der Waals surface area contributed by atoms with Crippen molar-refractivity contribution < 1.29 is 56.0 Å². The molecule has 3 aromatic rings. The van der Waals surface area contributed by atoms with Crippen molar-refractivity contribution >= 4 is 36.1 Å². The van der Waals surface area contributed by atoms with Crippen molar-refractivity contribution in [1.82, 2.24) is 0 Å². The molecule has 0 aliphatic heterocycles. The molecule has 362 valence electrons. The zero-order valence-electron chi connectivity index (χ0n) is 38.7. The molecular formula is C54H71F3O9. The van der Waals surface area contributed by atoms with Gasteiger partial charge >= 0.3 is 17.9 Å². The van der Waals surface area contributed by atoms with Crippen LogP contribution in [0.1, 0.15) is 132 Å². The molecule has 0 bridgehead atoms. The topological polar surface area (TPSA) is 107 Å². The van der Waals surface area contributed by atoms with Crippen molar-refractivity contribution in [3.8, 4) is 0 Å². The lowest BCUT2D eigenvalue weighted by molar-refractivity contribution is -0.138. The smallest absolute Gasteiger partial charge is 0.330 e.